The maximum Gasteiger partial charge on any atom is 0.492 e. The quantitative estimate of drug-likeness (QED) is 0.348. The SMILES string of the molecule is CC1(C)OB(C(=Cc2ncccc2C(F)(F)F)CNC(=O)OCC2c3ccccc3-c3ccccc32)OC1(C)C. The Morgan fingerprint density at radius 2 is 1.55 bits per heavy atom. The van der Waals surface area contributed by atoms with Gasteiger partial charge in [-0.1, -0.05) is 48.5 Å². The highest BCUT2D eigenvalue weighted by Crippen LogP contribution is 2.44. The predicted molar refractivity (Wildman–Crippen MR) is 146 cm³/mol. The minimum atomic E-state index is -4.61. The highest BCUT2D eigenvalue weighted by Gasteiger charge is 2.52. The predicted octanol–water partition coefficient (Wildman–Crippen LogP) is 6.65. The number of rotatable bonds is 6. The maximum atomic E-state index is 13.7. The van der Waals surface area contributed by atoms with Crippen molar-refractivity contribution in [2.75, 3.05) is 13.2 Å². The molecule has 5 rings (SSSR count). The lowest BCUT2D eigenvalue weighted by molar-refractivity contribution is -0.138. The number of alkyl halides is 3. The molecule has 0 spiro atoms. The molecule has 1 aromatic heterocycles. The van der Waals surface area contributed by atoms with Crippen LogP contribution in [-0.4, -0.2) is 42.5 Å². The van der Waals surface area contributed by atoms with E-state index >= 15 is 0 Å². The number of halogens is 3. The van der Waals surface area contributed by atoms with Gasteiger partial charge < -0.3 is 19.4 Å². The van der Waals surface area contributed by atoms with Crippen molar-refractivity contribution < 1.29 is 32.0 Å². The summed E-state index contributed by atoms with van der Waals surface area (Å²) < 4.78 is 58.8. The Kier molecular flexibility index (Phi) is 7.27. The molecule has 1 amide bonds. The fourth-order valence-electron chi connectivity index (χ4n) is 4.97. The van der Waals surface area contributed by atoms with Crippen molar-refractivity contribution in [1.29, 1.82) is 0 Å². The van der Waals surface area contributed by atoms with Gasteiger partial charge in [-0.2, -0.15) is 13.2 Å². The molecule has 1 saturated heterocycles. The van der Waals surface area contributed by atoms with Crippen LogP contribution in [0, 0.1) is 0 Å². The van der Waals surface area contributed by atoms with E-state index in [1.165, 1.54) is 18.3 Å². The Morgan fingerprint density at radius 3 is 2.12 bits per heavy atom. The van der Waals surface area contributed by atoms with Crippen LogP contribution in [0.5, 0.6) is 0 Å². The molecule has 3 aromatic rings. The molecule has 2 aliphatic rings. The second kappa shape index (κ2) is 10.4. The van der Waals surface area contributed by atoms with E-state index in [1.807, 2.05) is 76.2 Å². The van der Waals surface area contributed by atoms with E-state index in [-0.39, 0.29) is 30.2 Å². The molecule has 1 fully saturated rings. The number of pyridine rings is 1. The van der Waals surface area contributed by atoms with Crippen LogP contribution in [0.25, 0.3) is 17.2 Å². The summed E-state index contributed by atoms with van der Waals surface area (Å²) in [6.45, 7) is 7.29. The van der Waals surface area contributed by atoms with E-state index in [0.717, 1.165) is 28.3 Å². The van der Waals surface area contributed by atoms with Crippen LogP contribution >= 0.6 is 0 Å². The van der Waals surface area contributed by atoms with Gasteiger partial charge in [0.25, 0.3) is 0 Å². The van der Waals surface area contributed by atoms with Crippen molar-refractivity contribution in [1.82, 2.24) is 10.3 Å². The number of carbonyl (C=O) groups is 1. The molecule has 0 unspecified atom stereocenters. The minimum Gasteiger partial charge on any atom is -0.449 e. The average Bonchev–Trinajstić information content (AvgIpc) is 3.34. The number of alkyl carbamates (subject to hydrolysis) is 1. The van der Waals surface area contributed by atoms with Crippen LogP contribution in [0.1, 0.15) is 56.0 Å². The van der Waals surface area contributed by atoms with Crippen molar-refractivity contribution in [2.45, 2.75) is 51.0 Å². The second-order valence-corrected chi connectivity index (χ2v) is 10.9. The van der Waals surface area contributed by atoms with E-state index in [4.69, 9.17) is 14.0 Å². The van der Waals surface area contributed by atoms with E-state index in [9.17, 15) is 18.0 Å². The van der Waals surface area contributed by atoms with Crippen LogP contribution in [0.4, 0.5) is 18.0 Å². The van der Waals surface area contributed by atoms with E-state index in [0.29, 0.717) is 0 Å². The monoisotopic (exact) mass is 550 g/mol. The molecule has 0 bridgehead atoms. The molecule has 0 radical (unpaired) electrons. The molecule has 40 heavy (non-hydrogen) atoms. The Hall–Kier alpha value is -3.63. The zero-order valence-electron chi connectivity index (χ0n) is 22.7. The first-order chi connectivity index (χ1) is 18.9. The first-order valence-corrected chi connectivity index (χ1v) is 13.0. The van der Waals surface area contributed by atoms with Gasteiger partial charge in [-0.25, -0.2) is 4.79 Å². The molecule has 6 nitrogen and oxygen atoms in total. The van der Waals surface area contributed by atoms with E-state index in [1.54, 1.807) is 0 Å². The third kappa shape index (κ3) is 5.38. The zero-order valence-corrected chi connectivity index (χ0v) is 22.7. The van der Waals surface area contributed by atoms with Gasteiger partial charge in [0.15, 0.2) is 0 Å². The lowest BCUT2D eigenvalue weighted by Gasteiger charge is -2.32. The Bertz CT molecular complexity index is 1390. The number of hydrogen-bond donors (Lipinski definition) is 1. The van der Waals surface area contributed by atoms with Crippen LogP contribution < -0.4 is 5.32 Å². The van der Waals surface area contributed by atoms with Crippen molar-refractivity contribution in [2.24, 2.45) is 0 Å². The summed E-state index contributed by atoms with van der Waals surface area (Å²) in [7, 11) is -0.998. The lowest BCUT2D eigenvalue weighted by Crippen LogP contribution is -2.41. The van der Waals surface area contributed by atoms with Gasteiger partial charge in [-0.05, 0) is 73.6 Å². The van der Waals surface area contributed by atoms with Gasteiger partial charge in [0.1, 0.15) is 6.61 Å². The van der Waals surface area contributed by atoms with Crippen molar-refractivity contribution in [3.63, 3.8) is 0 Å². The summed E-state index contributed by atoms with van der Waals surface area (Å²) in [6.07, 6.45) is -2.78. The molecule has 2 aromatic carbocycles. The number of amides is 1. The fourth-order valence-corrected chi connectivity index (χ4v) is 4.97. The highest BCUT2D eigenvalue weighted by molar-refractivity contribution is 6.56. The first-order valence-electron chi connectivity index (χ1n) is 13.0. The van der Waals surface area contributed by atoms with Crippen molar-refractivity contribution in [3.05, 3.63) is 94.7 Å². The smallest absolute Gasteiger partial charge is 0.449 e. The highest BCUT2D eigenvalue weighted by atomic mass is 19.4. The Morgan fingerprint density at radius 1 is 0.975 bits per heavy atom. The Balaban J connectivity index is 1.34. The summed E-state index contributed by atoms with van der Waals surface area (Å²) in [5.74, 6) is -0.126. The number of ether oxygens (including phenoxy) is 1. The largest absolute Gasteiger partial charge is 0.492 e. The van der Waals surface area contributed by atoms with Gasteiger partial charge in [-0.15, -0.1) is 0 Å². The molecular formula is C30H30BF3N2O4. The minimum absolute atomic E-state index is 0.105. The van der Waals surface area contributed by atoms with Crippen molar-refractivity contribution in [3.8, 4) is 11.1 Å². The third-order valence-electron chi connectivity index (χ3n) is 7.80. The first kappa shape index (κ1) is 27.9. The third-order valence-corrected chi connectivity index (χ3v) is 7.80. The van der Waals surface area contributed by atoms with Gasteiger partial charge in [-0.3, -0.25) is 4.98 Å². The molecule has 0 atom stereocenters. The van der Waals surface area contributed by atoms with Gasteiger partial charge in [0, 0.05) is 18.7 Å². The fraction of sp³-hybridized carbons (Fsp3) is 0.333. The number of hydrogen-bond acceptors (Lipinski definition) is 5. The summed E-state index contributed by atoms with van der Waals surface area (Å²) in [6, 6.07) is 18.2. The van der Waals surface area contributed by atoms with Gasteiger partial charge >= 0.3 is 19.4 Å². The van der Waals surface area contributed by atoms with Crippen LogP contribution in [0.2, 0.25) is 0 Å². The summed E-state index contributed by atoms with van der Waals surface area (Å²) in [5.41, 5.74) is 1.96. The summed E-state index contributed by atoms with van der Waals surface area (Å²) in [4.78, 5) is 16.8. The summed E-state index contributed by atoms with van der Waals surface area (Å²) in [5, 5.41) is 2.67. The van der Waals surface area contributed by atoms with Gasteiger partial charge in [0.2, 0.25) is 0 Å². The second-order valence-electron chi connectivity index (χ2n) is 10.9. The number of nitrogens with one attached hydrogen (secondary N) is 1. The standard InChI is InChI=1S/C30H30BF3N2O4/c1-28(2)29(3,4)40-31(39-28)19(16-26-25(30(32,33)34)14-9-15-35-26)17-36-27(37)38-18-24-22-12-7-5-10-20(22)21-11-6-8-13-23(21)24/h5-16,24H,17-18H2,1-4H3,(H,36,37). The molecule has 0 saturated carbocycles. The molecule has 1 aliphatic heterocycles. The lowest BCUT2D eigenvalue weighted by atomic mass is 9.77. The van der Waals surface area contributed by atoms with E-state index in [2.05, 4.69) is 10.3 Å². The molecule has 1 N–H and O–H groups in total. The number of carbonyl (C=O) groups excluding carboxylic acids is 1. The summed E-state index contributed by atoms with van der Waals surface area (Å²) >= 11 is 0. The molecule has 2 heterocycles. The van der Waals surface area contributed by atoms with Gasteiger partial charge in [0.05, 0.1) is 22.5 Å². The number of benzene rings is 2. The maximum absolute atomic E-state index is 13.7. The Labute approximate surface area is 231 Å². The number of nitrogens with zero attached hydrogens (tertiary/aromatic N) is 1. The van der Waals surface area contributed by atoms with E-state index < -0.39 is 36.2 Å². The van der Waals surface area contributed by atoms with Crippen LogP contribution in [0.3, 0.4) is 0 Å². The molecule has 10 heteroatoms. The molecular weight excluding hydrogens is 520 g/mol. The van der Waals surface area contributed by atoms with Crippen molar-refractivity contribution >= 4 is 19.3 Å². The zero-order chi connectivity index (χ0) is 28.7. The average molecular weight is 550 g/mol. The topological polar surface area (TPSA) is 69.7 Å². The number of fused-ring (bicyclic) bond motifs is 3. The van der Waals surface area contributed by atoms with Crippen LogP contribution in [-0.2, 0) is 20.2 Å². The molecule has 1 aliphatic carbocycles. The van der Waals surface area contributed by atoms with Crippen LogP contribution in [0.15, 0.2) is 72.3 Å². The normalized spacial score (nSPS) is 17.9. The molecule has 208 valence electrons. The number of aromatic nitrogens is 1.